The Bertz CT molecular complexity index is 838. The summed E-state index contributed by atoms with van der Waals surface area (Å²) in [7, 11) is 0. The van der Waals surface area contributed by atoms with Gasteiger partial charge in [0.1, 0.15) is 5.82 Å². The van der Waals surface area contributed by atoms with Crippen LogP contribution >= 0.6 is 0 Å². The zero-order valence-electron chi connectivity index (χ0n) is 15.7. The molecule has 142 valence electrons. The fraction of sp³-hybridized carbons (Fsp3) is 0.500. The van der Waals surface area contributed by atoms with E-state index in [1.807, 2.05) is 24.3 Å². The number of hydrogen-bond donors (Lipinski definition) is 2. The zero-order valence-corrected chi connectivity index (χ0v) is 15.7. The molecule has 1 atom stereocenters. The van der Waals surface area contributed by atoms with Gasteiger partial charge in [-0.1, -0.05) is 13.8 Å². The molecule has 27 heavy (non-hydrogen) atoms. The molecule has 1 aromatic carbocycles. The van der Waals surface area contributed by atoms with Crippen LogP contribution in [0.5, 0.6) is 0 Å². The van der Waals surface area contributed by atoms with Gasteiger partial charge in [-0.05, 0) is 43.0 Å². The summed E-state index contributed by atoms with van der Waals surface area (Å²) in [6, 6.07) is 7.51. The highest BCUT2D eigenvalue weighted by Gasteiger charge is 2.34. The summed E-state index contributed by atoms with van der Waals surface area (Å²) in [6.07, 6.45) is 2.65. The molecule has 4 rings (SSSR count). The van der Waals surface area contributed by atoms with E-state index in [0.717, 1.165) is 17.1 Å². The molecule has 7 heteroatoms. The number of benzene rings is 1. The summed E-state index contributed by atoms with van der Waals surface area (Å²) >= 11 is 0. The van der Waals surface area contributed by atoms with Gasteiger partial charge >= 0.3 is 0 Å². The topological polar surface area (TPSA) is 91.0 Å². The molecule has 0 bridgehead atoms. The molecular weight excluding hydrogens is 342 g/mol. The Balaban J connectivity index is 1.36. The van der Waals surface area contributed by atoms with E-state index >= 15 is 0 Å². The van der Waals surface area contributed by atoms with Crippen LogP contribution in [0, 0.1) is 11.8 Å². The molecule has 0 spiro atoms. The third-order valence-corrected chi connectivity index (χ3v) is 5.05. The molecule has 2 amide bonds. The van der Waals surface area contributed by atoms with Crippen molar-refractivity contribution in [3.8, 4) is 11.4 Å². The highest BCUT2D eigenvalue weighted by atomic mass is 16.2. The summed E-state index contributed by atoms with van der Waals surface area (Å²) in [5.74, 6) is 2.25. The number of rotatable bonds is 6. The second kappa shape index (κ2) is 7.13. The minimum atomic E-state index is -0.287. The van der Waals surface area contributed by atoms with Gasteiger partial charge in [0.15, 0.2) is 5.82 Å². The quantitative estimate of drug-likeness (QED) is 0.821. The van der Waals surface area contributed by atoms with Gasteiger partial charge < -0.3 is 10.2 Å². The Hall–Kier alpha value is -2.70. The summed E-state index contributed by atoms with van der Waals surface area (Å²) in [6.45, 7) is 5.35. The van der Waals surface area contributed by atoms with Crippen molar-refractivity contribution in [1.82, 2.24) is 20.1 Å². The largest absolute Gasteiger partial charge is 0.342 e. The molecule has 2 N–H and O–H groups in total. The first-order valence-electron chi connectivity index (χ1n) is 9.61. The highest BCUT2D eigenvalue weighted by Crippen LogP contribution is 2.38. The van der Waals surface area contributed by atoms with Gasteiger partial charge in [-0.3, -0.25) is 14.7 Å². The Kier molecular flexibility index (Phi) is 4.68. The normalized spacial score (nSPS) is 19.7. The predicted octanol–water partition coefficient (Wildman–Crippen LogP) is 2.79. The molecule has 2 fully saturated rings. The maximum Gasteiger partial charge on any atom is 0.229 e. The van der Waals surface area contributed by atoms with Crippen molar-refractivity contribution in [2.24, 2.45) is 11.8 Å². The van der Waals surface area contributed by atoms with Gasteiger partial charge in [0.2, 0.25) is 11.8 Å². The van der Waals surface area contributed by atoms with Crippen LogP contribution in [0.25, 0.3) is 11.4 Å². The van der Waals surface area contributed by atoms with Crippen LogP contribution in [-0.4, -0.2) is 45.0 Å². The molecule has 1 aliphatic carbocycles. The van der Waals surface area contributed by atoms with E-state index in [1.165, 1.54) is 12.8 Å². The molecule has 0 unspecified atom stereocenters. The Morgan fingerprint density at radius 1 is 1.30 bits per heavy atom. The van der Waals surface area contributed by atoms with Gasteiger partial charge in [-0.15, -0.1) is 0 Å². The van der Waals surface area contributed by atoms with E-state index in [1.54, 1.807) is 4.90 Å². The minimum Gasteiger partial charge on any atom is -0.342 e. The molecule has 2 aromatic rings. The molecule has 1 saturated carbocycles. The predicted molar refractivity (Wildman–Crippen MR) is 102 cm³/mol. The van der Waals surface area contributed by atoms with Crippen molar-refractivity contribution in [2.75, 3.05) is 18.4 Å². The van der Waals surface area contributed by atoms with Crippen LogP contribution in [0.4, 0.5) is 5.69 Å². The fourth-order valence-electron chi connectivity index (χ4n) is 3.45. The van der Waals surface area contributed by atoms with E-state index in [2.05, 4.69) is 34.3 Å². The fourth-order valence-corrected chi connectivity index (χ4v) is 3.45. The van der Waals surface area contributed by atoms with Crippen LogP contribution in [0.3, 0.4) is 0 Å². The Morgan fingerprint density at radius 3 is 2.70 bits per heavy atom. The standard InChI is InChI=1S/C20H25N5O2/c1-12(2)10-25-11-15(9-17(25)26)20(27)21-16-7-5-14(6-8-16)19-22-18(23-24-19)13-3-4-13/h5-8,12-13,15H,3-4,9-11H2,1-2H3,(H,21,27)(H,22,23,24)/t15-/m1/s1. The van der Waals surface area contributed by atoms with Gasteiger partial charge in [0.25, 0.3) is 0 Å². The third-order valence-electron chi connectivity index (χ3n) is 5.05. The maximum atomic E-state index is 12.5. The van der Waals surface area contributed by atoms with Gasteiger partial charge in [0.05, 0.1) is 5.92 Å². The van der Waals surface area contributed by atoms with E-state index in [-0.39, 0.29) is 24.2 Å². The van der Waals surface area contributed by atoms with Gasteiger partial charge in [-0.2, -0.15) is 5.10 Å². The zero-order chi connectivity index (χ0) is 19.0. The Morgan fingerprint density at radius 2 is 2.04 bits per heavy atom. The summed E-state index contributed by atoms with van der Waals surface area (Å²) in [5.41, 5.74) is 1.63. The Labute approximate surface area is 158 Å². The number of carbonyl (C=O) groups excluding carboxylic acids is 2. The lowest BCUT2D eigenvalue weighted by atomic mass is 10.1. The summed E-state index contributed by atoms with van der Waals surface area (Å²) in [5, 5.41) is 10.2. The second-order valence-electron chi connectivity index (χ2n) is 7.98. The molecule has 2 aliphatic rings. The highest BCUT2D eigenvalue weighted by molar-refractivity contribution is 5.97. The SMILES string of the molecule is CC(C)CN1C[C@H](C(=O)Nc2ccc(-c3n[nH]c(C4CC4)n3)cc2)CC1=O. The van der Waals surface area contributed by atoms with E-state index in [9.17, 15) is 9.59 Å². The number of nitrogens with zero attached hydrogens (tertiary/aromatic N) is 3. The second-order valence-corrected chi connectivity index (χ2v) is 7.98. The van der Waals surface area contributed by atoms with E-state index in [4.69, 9.17) is 0 Å². The van der Waals surface area contributed by atoms with Gasteiger partial charge in [-0.25, -0.2) is 4.98 Å². The molecule has 2 heterocycles. The molecule has 7 nitrogen and oxygen atoms in total. The monoisotopic (exact) mass is 367 g/mol. The van der Waals surface area contributed by atoms with Gasteiger partial charge in [0, 0.05) is 36.7 Å². The number of hydrogen-bond acceptors (Lipinski definition) is 4. The third kappa shape index (κ3) is 4.02. The summed E-state index contributed by atoms with van der Waals surface area (Å²) in [4.78, 5) is 30.9. The number of anilines is 1. The van der Waals surface area contributed by atoms with Crippen molar-refractivity contribution >= 4 is 17.5 Å². The van der Waals surface area contributed by atoms with Crippen molar-refractivity contribution in [2.45, 2.75) is 39.0 Å². The first-order chi connectivity index (χ1) is 13.0. The molecule has 1 saturated heterocycles. The molecule has 1 aliphatic heterocycles. The number of H-pyrrole nitrogens is 1. The number of aromatic amines is 1. The molecular formula is C20H25N5O2. The van der Waals surface area contributed by atoms with Crippen LogP contribution in [0.1, 0.15) is 44.9 Å². The number of likely N-dealkylation sites (tertiary alicyclic amines) is 1. The average molecular weight is 367 g/mol. The smallest absolute Gasteiger partial charge is 0.229 e. The van der Waals surface area contributed by atoms with Crippen molar-refractivity contribution < 1.29 is 9.59 Å². The number of amides is 2. The first-order valence-corrected chi connectivity index (χ1v) is 9.61. The number of carbonyl (C=O) groups is 2. The maximum absolute atomic E-state index is 12.5. The lowest BCUT2D eigenvalue weighted by molar-refractivity contribution is -0.128. The van der Waals surface area contributed by atoms with E-state index < -0.39 is 0 Å². The lowest BCUT2D eigenvalue weighted by Gasteiger charge is -2.18. The van der Waals surface area contributed by atoms with Crippen LogP contribution < -0.4 is 5.32 Å². The molecule has 0 radical (unpaired) electrons. The number of nitrogens with one attached hydrogen (secondary N) is 2. The average Bonchev–Trinajstić information content (AvgIpc) is 3.26. The molecule has 1 aromatic heterocycles. The van der Waals surface area contributed by atoms with Crippen molar-refractivity contribution in [3.63, 3.8) is 0 Å². The van der Waals surface area contributed by atoms with Crippen molar-refractivity contribution in [1.29, 1.82) is 0 Å². The van der Waals surface area contributed by atoms with E-state index in [0.29, 0.717) is 30.7 Å². The number of aromatic nitrogens is 3. The van der Waals surface area contributed by atoms with Crippen LogP contribution in [0.15, 0.2) is 24.3 Å². The summed E-state index contributed by atoms with van der Waals surface area (Å²) < 4.78 is 0. The lowest BCUT2D eigenvalue weighted by Crippen LogP contribution is -2.31. The van der Waals surface area contributed by atoms with Crippen LogP contribution in [0.2, 0.25) is 0 Å². The van der Waals surface area contributed by atoms with Crippen molar-refractivity contribution in [3.05, 3.63) is 30.1 Å². The van der Waals surface area contributed by atoms with Crippen LogP contribution in [-0.2, 0) is 9.59 Å². The first kappa shape index (κ1) is 17.7. The minimum absolute atomic E-state index is 0.0651.